The van der Waals surface area contributed by atoms with E-state index in [0.717, 1.165) is 68.7 Å². The van der Waals surface area contributed by atoms with Crippen LogP contribution in [-0.4, -0.2) is 69.9 Å². The van der Waals surface area contributed by atoms with E-state index < -0.39 is 22.1 Å². The van der Waals surface area contributed by atoms with Gasteiger partial charge in [-0.2, -0.15) is 0 Å². The molecule has 2 aromatic rings. The number of hydrogen-bond donors (Lipinski definition) is 2. The number of carbonyl (C=O) groups is 1. The number of primary sulfonamides is 1. The quantitative estimate of drug-likeness (QED) is 0.426. The molecule has 1 saturated carbocycles. The minimum Gasteiger partial charge on any atom is -0.490 e. The lowest BCUT2D eigenvalue weighted by molar-refractivity contribution is -0.126. The van der Waals surface area contributed by atoms with Gasteiger partial charge in [-0.05, 0) is 98.7 Å². The van der Waals surface area contributed by atoms with Crippen molar-refractivity contribution < 1.29 is 32.5 Å². The fraction of sp³-hybridized carbons (Fsp3) is 0.594. The lowest BCUT2D eigenvalue weighted by Crippen LogP contribution is -2.51. The lowest BCUT2D eigenvalue weighted by Gasteiger charge is -2.48. The molecule has 11 heteroatoms. The van der Waals surface area contributed by atoms with Crippen LogP contribution in [0.15, 0.2) is 36.4 Å². The Labute approximate surface area is 258 Å². The highest BCUT2D eigenvalue weighted by Crippen LogP contribution is 2.47. The molecule has 1 saturated heterocycles. The Bertz CT molecular complexity index is 1470. The van der Waals surface area contributed by atoms with E-state index in [1.165, 1.54) is 11.1 Å². The van der Waals surface area contributed by atoms with Crippen molar-refractivity contribution in [2.45, 2.75) is 75.6 Å². The molecule has 43 heavy (non-hydrogen) atoms. The van der Waals surface area contributed by atoms with Crippen LogP contribution in [0.1, 0.15) is 66.9 Å². The molecule has 0 aromatic heterocycles. The molecule has 0 amide bonds. The number of benzene rings is 2. The largest absolute Gasteiger partial charge is 0.490 e. The molecule has 234 valence electrons. The SMILES string of the molecule is C[C@@H](CS(N)(=O)=O)O[C@H]1CCO[C@@H]([C@@H]2CC[C@H]2CN2CC3(CCCc4cc(Cl)ccc43)COc3ccc(C(=O)O)cc32)C1. The van der Waals surface area contributed by atoms with Gasteiger partial charge in [0.2, 0.25) is 10.0 Å². The summed E-state index contributed by atoms with van der Waals surface area (Å²) in [5.74, 6) is 0.246. The van der Waals surface area contributed by atoms with E-state index in [0.29, 0.717) is 30.8 Å². The third kappa shape index (κ3) is 6.68. The first-order chi connectivity index (χ1) is 20.5. The first-order valence-corrected chi connectivity index (χ1v) is 17.4. The number of fused-ring (bicyclic) bond motifs is 3. The lowest BCUT2D eigenvalue weighted by atomic mass is 9.67. The summed E-state index contributed by atoms with van der Waals surface area (Å²) < 4.78 is 41.9. The normalized spacial score (nSPS) is 29.5. The molecule has 2 aromatic carbocycles. The maximum atomic E-state index is 12.0. The van der Waals surface area contributed by atoms with E-state index in [1.54, 1.807) is 25.1 Å². The fourth-order valence-electron chi connectivity index (χ4n) is 7.75. The van der Waals surface area contributed by atoms with Crippen LogP contribution in [-0.2, 0) is 31.3 Å². The second-order valence-electron chi connectivity index (χ2n) is 12.9. The molecule has 6 rings (SSSR count). The zero-order valence-corrected chi connectivity index (χ0v) is 26.1. The van der Waals surface area contributed by atoms with Gasteiger partial charge in [-0.15, -0.1) is 0 Å². The standard InChI is InChI=1S/C32H41ClN2O7S/c1-20(17-43(34,38)39)42-25-10-12-40-30(15-25)26-7-4-23(26)16-35-18-32(11-2-3-21-13-24(33)6-8-27(21)32)19-41-29-9-5-22(31(36)37)14-28(29)35/h5-6,8-9,13-14,20,23,25-26,30H,2-4,7,10-12,15-19H2,1H3,(H,36,37)(H2,34,38,39)/t20-,23-,25-,26+,30+,32?/m0/s1. The van der Waals surface area contributed by atoms with Crippen molar-refractivity contribution in [2.75, 3.05) is 37.0 Å². The second kappa shape index (κ2) is 12.2. The van der Waals surface area contributed by atoms with Crippen LogP contribution in [0.3, 0.4) is 0 Å². The molecule has 2 heterocycles. The third-order valence-electron chi connectivity index (χ3n) is 9.85. The van der Waals surface area contributed by atoms with Gasteiger partial charge in [-0.25, -0.2) is 18.4 Å². The molecule has 0 radical (unpaired) electrons. The molecule has 3 N–H and O–H groups in total. The van der Waals surface area contributed by atoms with Crippen molar-refractivity contribution in [3.63, 3.8) is 0 Å². The van der Waals surface area contributed by atoms with Crippen molar-refractivity contribution in [3.05, 3.63) is 58.1 Å². The number of rotatable bonds is 8. The maximum absolute atomic E-state index is 12.0. The number of aromatic carboxylic acids is 1. The number of sulfonamides is 1. The van der Waals surface area contributed by atoms with Gasteiger partial charge < -0.3 is 24.2 Å². The average molecular weight is 633 g/mol. The summed E-state index contributed by atoms with van der Waals surface area (Å²) in [5, 5.41) is 15.8. The predicted octanol–water partition coefficient (Wildman–Crippen LogP) is 4.78. The van der Waals surface area contributed by atoms with Gasteiger partial charge in [0.1, 0.15) is 5.75 Å². The zero-order chi connectivity index (χ0) is 30.4. The van der Waals surface area contributed by atoms with Gasteiger partial charge in [0, 0.05) is 36.6 Å². The maximum Gasteiger partial charge on any atom is 0.335 e. The molecule has 2 aliphatic heterocycles. The first-order valence-electron chi connectivity index (χ1n) is 15.3. The number of halogens is 1. The Morgan fingerprint density at radius 3 is 2.81 bits per heavy atom. The van der Waals surface area contributed by atoms with Crippen LogP contribution in [0.2, 0.25) is 5.02 Å². The van der Waals surface area contributed by atoms with Crippen LogP contribution < -0.4 is 14.8 Å². The molecule has 2 aliphatic carbocycles. The zero-order valence-electron chi connectivity index (χ0n) is 24.5. The van der Waals surface area contributed by atoms with Gasteiger partial charge in [0.05, 0.1) is 41.9 Å². The number of hydrogen-bond acceptors (Lipinski definition) is 7. The Balaban J connectivity index is 1.24. The van der Waals surface area contributed by atoms with E-state index in [9.17, 15) is 18.3 Å². The fourth-order valence-corrected chi connectivity index (χ4v) is 8.68. The molecule has 1 spiro atoms. The topological polar surface area (TPSA) is 128 Å². The summed E-state index contributed by atoms with van der Waals surface area (Å²) in [6.45, 7) is 4.34. The monoisotopic (exact) mass is 632 g/mol. The summed E-state index contributed by atoms with van der Waals surface area (Å²) in [7, 11) is -3.61. The number of carboxylic acids is 1. The Morgan fingerprint density at radius 2 is 2.07 bits per heavy atom. The number of aryl methyl sites for hydroxylation is 1. The second-order valence-corrected chi connectivity index (χ2v) is 15.0. The van der Waals surface area contributed by atoms with E-state index >= 15 is 0 Å². The molecule has 0 bridgehead atoms. The van der Waals surface area contributed by atoms with Crippen molar-refractivity contribution >= 4 is 33.3 Å². The minimum absolute atomic E-state index is 0.0266. The van der Waals surface area contributed by atoms with E-state index in [2.05, 4.69) is 17.0 Å². The summed E-state index contributed by atoms with van der Waals surface area (Å²) in [6.07, 6.45) is 6.03. The van der Waals surface area contributed by atoms with Gasteiger partial charge in [0.25, 0.3) is 0 Å². The summed E-state index contributed by atoms with van der Waals surface area (Å²) in [6, 6.07) is 11.4. The number of nitrogens with zero attached hydrogens (tertiary/aromatic N) is 1. The Hall–Kier alpha value is -2.37. The molecule has 1 unspecified atom stereocenters. The van der Waals surface area contributed by atoms with Crippen LogP contribution >= 0.6 is 11.6 Å². The van der Waals surface area contributed by atoms with Crippen molar-refractivity contribution in [3.8, 4) is 5.75 Å². The van der Waals surface area contributed by atoms with E-state index in [-0.39, 0.29) is 28.9 Å². The van der Waals surface area contributed by atoms with Crippen LogP contribution in [0.4, 0.5) is 5.69 Å². The van der Waals surface area contributed by atoms with E-state index in [1.807, 2.05) is 6.07 Å². The number of carboxylic acid groups (broad SMARTS) is 1. The molecule has 4 aliphatic rings. The third-order valence-corrected chi connectivity index (χ3v) is 11.0. The van der Waals surface area contributed by atoms with Gasteiger partial charge in [-0.1, -0.05) is 17.7 Å². The van der Waals surface area contributed by atoms with Crippen LogP contribution in [0.25, 0.3) is 0 Å². The summed E-state index contributed by atoms with van der Waals surface area (Å²) in [5.41, 5.74) is 3.37. The number of ether oxygens (including phenoxy) is 3. The van der Waals surface area contributed by atoms with Crippen molar-refractivity contribution in [1.29, 1.82) is 0 Å². The van der Waals surface area contributed by atoms with Gasteiger partial charge in [-0.3, -0.25) is 0 Å². The van der Waals surface area contributed by atoms with Gasteiger partial charge >= 0.3 is 5.97 Å². The Kier molecular flexibility index (Phi) is 8.69. The summed E-state index contributed by atoms with van der Waals surface area (Å²) >= 11 is 6.39. The molecule has 2 fully saturated rings. The molecule has 9 nitrogen and oxygen atoms in total. The van der Waals surface area contributed by atoms with Gasteiger partial charge in [0.15, 0.2) is 0 Å². The highest BCUT2D eigenvalue weighted by atomic mass is 35.5. The smallest absolute Gasteiger partial charge is 0.335 e. The van der Waals surface area contributed by atoms with Crippen LogP contribution in [0, 0.1) is 11.8 Å². The predicted molar refractivity (Wildman–Crippen MR) is 165 cm³/mol. The molecular weight excluding hydrogens is 592 g/mol. The first kappa shape index (κ1) is 30.6. The van der Waals surface area contributed by atoms with Crippen LogP contribution in [0.5, 0.6) is 5.75 Å². The number of nitrogens with two attached hydrogens (primary N) is 1. The highest BCUT2D eigenvalue weighted by Gasteiger charge is 2.45. The molecular formula is C32H41ClN2O7S. The highest BCUT2D eigenvalue weighted by molar-refractivity contribution is 7.89. The minimum atomic E-state index is -3.61. The average Bonchev–Trinajstić information content (AvgIpc) is 3.07. The van der Waals surface area contributed by atoms with E-state index in [4.69, 9.17) is 31.0 Å². The Morgan fingerprint density at radius 1 is 1.23 bits per heavy atom. The van der Waals surface area contributed by atoms with Crippen molar-refractivity contribution in [2.24, 2.45) is 17.0 Å². The van der Waals surface area contributed by atoms with Crippen molar-refractivity contribution in [1.82, 2.24) is 0 Å². The summed E-state index contributed by atoms with van der Waals surface area (Å²) in [4.78, 5) is 14.3. The number of anilines is 1. The molecule has 6 atom stereocenters.